The number of nitrogens with one attached hydrogen (secondary N) is 1. The van der Waals surface area contributed by atoms with Crippen molar-refractivity contribution in [2.24, 2.45) is 5.92 Å². The average Bonchev–Trinajstić information content (AvgIpc) is 2.58. The van der Waals surface area contributed by atoms with Crippen LogP contribution in [-0.2, 0) is 4.79 Å². The smallest absolute Gasteiger partial charge is 0.273 e. The van der Waals surface area contributed by atoms with Crippen LogP contribution in [0.3, 0.4) is 0 Å². The number of hydrogen-bond donors (Lipinski definition) is 1. The third kappa shape index (κ3) is 5.49. The van der Waals surface area contributed by atoms with Crippen molar-refractivity contribution in [3.8, 4) is 5.75 Å². The molecule has 1 fully saturated rings. The van der Waals surface area contributed by atoms with Gasteiger partial charge in [0.25, 0.3) is 11.6 Å². The lowest BCUT2D eigenvalue weighted by molar-refractivity contribution is -0.384. The van der Waals surface area contributed by atoms with Crippen LogP contribution in [0, 0.1) is 16.0 Å². The van der Waals surface area contributed by atoms with Crippen molar-refractivity contribution in [2.75, 3.05) is 26.2 Å². The Labute approximate surface area is 142 Å². The van der Waals surface area contributed by atoms with Crippen LogP contribution < -0.4 is 10.1 Å². The van der Waals surface area contributed by atoms with E-state index in [0.717, 1.165) is 13.1 Å². The van der Waals surface area contributed by atoms with Gasteiger partial charge in [0, 0.05) is 25.2 Å². The number of ether oxygens (including phenoxy) is 1. The second kappa shape index (κ2) is 8.63. The van der Waals surface area contributed by atoms with E-state index in [1.807, 2.05) is 0 Å². The minimum atomic E-state index is -0.492. The lowest BCUT2D eigenvalue weighted by Crippen LogP contribution is -2.46. The standard InChI is InChI=1S/C17H25N3O4/c1-13-5-4-8-19(11-13)14(2)10-18-17(21)12-24-16-7-3-6-15(9-16)20(22)23/h3,6-7,9,13-14H,4-5,8,10-12H2,1-2H3,(H,18,21)/t13-,14-/m0/s1. The van der Waals surface area contributed by atoms with Crippen molar-refractivity contribution in [3.63, 3.8) is 0 Å². The highest BCUT2D eigenvalue weighted by Crippen LogP contribution is 2.19. The maximum Gasteiger partial charge on any atom is 0.273 e. The van der Waals surface area contributed by atoms with Crippen LogP contribution in [0.15, 0.2) is 24.3 Å². The van der Waals surface area contributed by atoms with E-state index in [1.165, 1.54) is 31.0 Å². The van der Waals surface area contributed by atoms with Crippen molar-refractivity contribution >= 4 is 11.6 Å². The molecule has 0 spiro atoms. The molecule has 7 nitrogen and oxygen atoms in total. The largest absolute Gasteiger partial charge is 0.484 e. The van der Waals surface area contributed by atoms with Gasteiger partial charge < -0.3 is 10.1 Å². The van der Waals surface area contributed by atoms with Crippen molar-refractivity contribution in [1.29, 1.82) is 0 Å². The van der Waals surface area contributed by atoms with Gasteiger partial charge in [0.05, 0.1) is 11.0 Å². The van der Waals surface area contributed by atoms with Crippen LogP contribution in [0.4, 0.5) is 5.69 Å². The van der Waals surface area contributed by atoms with Crippen LogP contribution in [0.5, 0.6) is 5.75 Å². The molecule has 2 rings (SSSR count). The normalized spacial score (nSPS) is 19.5. The van der Waals surface area contributed by atoms with Gasteiger partial charge in [-0.1, -0.05) is 13.0 Å². The molecule has 1 heterocycles. The molecule has 1 aromatic carbocycles. The van der Waals surface area contributed by atoms with Crippen LogP contribution in [0.25, 0.3) is 0 Å². The molecule has 1 aromatic rings. The van der Waals surface area contributed by atoms with Crippen LogP contribution in [0.1, 0.15) is 26.7 Å². The van der Waals surface area contributed by atoms with Gasteiger partial charge in [-0.2, -0.15) is 0 Å². The number of non-ortho nitro benzene ring substituents is 1. The number of hydrogen-bond acceptors (Lipinski definition) is 5. The van der Waals surface area contributed by atoms with Crippen molar-refractivity contribution < 1.29 is 14.5 Å². The molecule has 1 N–H and O–H groups in total. The molecular weight excluding hydrogens is 310 g/mol. The number of carbonyl (C=O) groups excluding carboxylic acids is 1. The molecule has 0 aliphatic carbocycles. The number of nitrogens with zero attached hydrogens (tertiary/aromatic N) is 2. The number of nitro benzene ring substituents is 1. The molecular formula is C17H25N3O4. The van der Waals surface area contributed by atoms with E-state index in [4.69, 9.17) is 4.74 Å². The average molecular weight is 335 g/mol. The molecule has 0 aromatic heterocycles. The molecule has 1 aliphatic heterocycles. The summed E-state index contributed by atoms with van der Waals surface area (Å²) >= 11 is 0. The van der Waals surface area contributed by atoms with Gasteiger partial charge in [0.1, 0.15) is 5.75 Å². The van der Waals surface area contributed by atoms with Crippen molar-refractivity contribution in [2.45, 2.75) is 32.7 Å². The molecule has 24 heavy (non-hydrogen) atoms. The second-order valence-electron chi connectivity index (χ2n) is 6.44. The number of benzene rings is 1. The molecule has 1 aliphatic rings. The third-order valence-corrected chi connectivity index (χ3v) is 4.30. The number of rotatable bonds is 7. The fourth-order valence-corrected chi connectivity index (χ4v) is 2.90. The lowest BCUT2D eigenvalue weighted by Gasteiger charge is -2.35. The van der Waals surface area contributed by atoms with Gasteiger partial charge >= 0.3 is 0 Å². The van der Waals surface area contributed by atoms with Crippen molar-refractivity contribution in [1.82, 2.24) is 10.2 Å². The zero-order valence-electron chi connectivity index (χ0n) is 14.2. The summed E-state index contributed by atoms with van der Waals surface area (Å²) in [5, 5.41) is 13.6. The minimum absolute atomic E-state index is 0.0549. The first-order valence-electron chi connectivity index (χ1n) is 8.33. The van der Waals surface area contributed by atoms with Crippen LogP contribution in [-0.4, -0.2) is 48.0 Å². The SMILES string of the molecule is C[C@H]1CCCN([C@@H](C)CNC(=O)COc2cccc([N+](=O)[O-])c2)C1. The summed E-state index contributed by atoms with van der Waals surface area (Å²) in [7, 11) is 0. The van der Waals surface area contributed by atoms with Crippen LogP contribution in [0.2, 0.25) is 0 Å². The molecule has 0 saturated carbocycles. The Bertz CT molecular complexity index is 579. The summed E-state index contributed by atoms with van der Waals surface area (Å²) in [6.07, 6.45) is 2.47. The van der Waals surface area contributed by atoms with E-state index in [1.54, 1.807) is 6.07 Å². The Morgan fingerprint density at radius 1 is 1.54 bits per heavy atom. The lowest BCUT2D eigenvalue weighted by atomic mass is 9.99. The Kier molecular flexibility index (Phi) is 6.54. The third-order valence-electron chi connectivity index (χ3n) is 4.30. The molecule has 0 radical (unpaired) electrons. The Morgan fingerprint density at radius 2 is 2.33 bits per heavy atom. The number of piperidine rings is 1. The first-order chi connectivity index (χ1) is 11.5. The van der Waals surface area contributed by atoms with Gasteiger partial charge in [-0.05, 0) is 38.3 Å². The first-order valence-corrected chi connectivity index (χ1v) is 8.33. The fourth-order valence-electron chi connectivity index (χ4n) is 2.90. The zero-order chi connectivity index (χ0) is 17.5. The van der Waals surface area contributed by atoms with E-state index in [0.29, 0.717) is 18.2 Å². The van der Waals surface area contributed by atoms with Gasteiger partial charge in [-0.3, -0.25) is 19.8 Å². The molecule has 2 atom stereocenters. The quantitative estimate of drug-likeness (QED) is 0.610. The first kappa shape index (κ1) is 18.2. The van der Waals surface area contributed by atoms with E-state index < -0.39 is 4.92 Å². The predicted molar refractivity (Wildman–Crippen MR) is 91.0 cm³/mol. The Morgan fingerprint density at radius 3 is 3.04 bits per heavy atom. The summed E-state index contributed by atoms with van der Waals surface area (Å²) in [5.74, 6) is 0.796. The summed E-state index contributed by atoms with van der Waals surface area (Å²) < 4.78 is 5.32. The Hall–Kier alpha value is -2.15. The number of amides is 1. The summed E-state index contributed by atoms with van der Waals surface area (Å²) in [6, 6.07) is 6.11. The molecule has 1 saturated heterocycles. The summed E-state index contributed by atoms with van der Waals surface area (Å²) in [4.78, 5) is 24.5. The van der Waals surface area contributed by atoms with Gasteiger partial charge in [-0.15, -0.1) is 0 Å². The molecule has 132 valence electrons. The highest BCUT2D eigenvalue weighted by Gasteiger charge is 2.21. The van der Waals surface area contributed by atoms with Crippen LogP contribution >= 0.6 is 0 Å². The van der Waals surface area contributed by atoms with Crippen molar-refractivity contribution in [3.05, 3.63) is 34.4 Å². The zero-order valence-corrected chi connectivity index (χ0v) is 14.2. The number of carbonyl (C=O) groups is 1. The highest BCUT2D eigenvalue weighted by molar-refractivity contribution is 5.77. The fraction of sp³-hybridized carbons (Fsp3) is 0.588. The molecule has 7 heteroatoms. The predicted octanol–water partition coefficient (Wildman–Crippen LogP) is 2.21. The highest BCUT2D eigenvalue weighted by atomic mass is 16.6. The van der Waals surface area contributed by atoms with E-state index in [-0.39, 0.29) is 24.2 Å². The molecule has 0 bridgehead atoms. The molecule has 1 amide bonds. The number of nitro groups is 1. The monoisotopic (exact) mass is 335 g/mol. The maximum atomic E-state index is 11.9. The van der Waals surface area contributed by atoms with E-state index in [9.17, 15) is 14.9 Å². The van der Waals surface area contributed by atoms with Gasteiger partial charge in [0.15, 0.2) is 6.61 Å². The molecule has 0 unspecified atom stereocenters. The Balaban J connectivity index is 1.73. The topological polar surface area (TPSA) is 84.7 Å². The number of likely N-dealkylation sites (tertiary alicyclic amines) is 1. The van der Waals surface area contributed by atoms with Gasteiger partial charge in [-0.25, -0.2) is 0 Å². The maximum absolute atomic E-state index is 11.9. The van der Waals surface area contributed by atoms with E-state index >= 15 is 0 Å². The van der Waals surface area contributed by atoms with Gasteiger partial charge in [0.2, 0.25) is 0 Å². The minimum Gasteiger partial charge on any atom is -0.484 e. The summed E-state index contributed by atoms with van der Waals surface area (Å²) in [5.41, 5.74) is -0.0549. The second-order valence-corrected chi connectivity index (χ2v) is 6.44. The summed E-state index contributed by atoms with van der Waals surface area (Å²) in [6.45, 7) is 6.94. The van der Waals surface area contributed by atoms with E-state index in [2.05, 4.69) is 24.1 Å².